The smallest absolute Gasteiger partial charge is 0.253 e. The molecule has 0 saturated heterocycles. The molecule has 150 valence electrons. The molecule has 1 aliphatic rings. The summed E-state index contributed by atoms with van der Waals surface area (Å²) < 4.78 is 0. The van der Waals surface area contributed by atoms with Crippen molar-refractivity contribution in [2.45, 2.75) is 39.0 Å². The lowest BCUT2D eigenvalue weighted by Crippen LogP contribution is -2.27. The Labute approximate surface area is 174 Å². The first-order valence-corrected chi connectivity index (χ1v) is 11.0. The van der Waals surface area contributed by atoms with Crippen LogP contribution in [0.2, 0.25) is 0 Å². The van der Waals surface area contributed by atoms with E-state index in [1.165, 1.54) is 0 Å². The Kier molecular flexibility index (Phi) is 5.62. The van der Waals surface area contributed by atoms with Crippen LogP contribution < -0.4 is 10.6 Å². The number of carbonyl (C=O) groups excluding carboxylic acids is 2. The lowest BCUT2D eigenvalue weighted by molar-refractivity contribution is -0.117. The number of rotatable bonds is 7. The number of carbonyl (C=O) groups is 2. The van der Waals surface area contributed by atoms with Gasteiger partial charge in [-0.25, -0.2) is 4.98 Å². The summed E-state index contributed by atoms with van der Waals surface area (Å²) in [6.45, 7) is 4.76. The molecule has 1 fully saturated rings. The highest BCUT2D eigenvalue weighted by molar-refractivity contribution is 7.09. The monoisotopic (exact) mass is 407 g/mol. The number of hydrogen-bond acceptors (Lipinski definition) is 4. The lowest BCUT2D eigenvalue weighted by atomic mass is 10.0. The van der Waals surface area contributed by atoms with Gasteiger partial charge in [0.1, 0.15) is 0 Å². The molecule has 0 atom stereocenters. The number of thiazole rings is 1. The van der Waals surface area contributed by atoms with E-state index in [0.717, 1.165) is 34.3 Å². The van der Waals surface area contributed by atoms with E-state index in [1.54, 1.807) is 11.3 Å². The van der Waals surface area contributed by atoms with Gasteiger partial charge >= 0.3 is 0 Å². The first-order chi connectivity index (χ1) is 14.0. The maximum Gasteiger partial charge on any atom is 0.253 e. The summed E-state index contributed by atoms with van der Waals surface area (Å²) in [6.07, 6.45) is 2.53. The zero-order chi connectivity index (χ0) is 20.4. The summed E-state index contributed by atoms with van der Waals surface area (Å²) in [6, 6.07) is 11.6. The van der Waals surface area contributed by atoms with E-state index < -0.39 is 0 Å². The van der Waals surface area contributed by atoms with Crippen molar-refractivity contribution in [3.63, 3.8) is 0 Å². The molecule has 29 heavy (non-hydrogen) atoms. The molecular formula is C23H25N3O2S. The van der Waals surface area contributed by atoms with E-state index in [2.05, 4.69) is 34.8 Å². The fraction of sp³-hybridized carbons (Fsp3) is 0.348. The molecule has 1 heterocycles. The molecule has 2 aromatic carbocycles. The van der Waals surface area contributed by atoms with Gasteiger partial charge < -0.3 is 10.6 Å². The van der Waals surface area contributed by atoms with Gasteiger partial charge in [-0.3, -0.25) is 9.59 Å². The highest BCUT2D eigenvalue weighted by Gasteiger charge is 2.30. The van der Waals surface area contributed by atoms with Crippen molar-refractivity contribution in [3.8, 4) is 0 Å². The molecule has 1 aromatic heterocycles. The molecule has 1 aliphatic carbocycles. The van der Waals surface area contributed by atoms with Gasteiger partial charge in [0.25, 0.3) is 5.91 Å². The van der Waals surface area contributed by atoms with Crippen LogP contribution in [-0.2, 0) is 11.2 Å². The van der Waals surface area contributed by atoms with Gasteiger partial charge in [0.15, 0.2) is 0 Å². The summed E-state index contributed by atoms with van der Waals surface area (Å²) in [4.78, 5) is 29.8. The highest BCUT2D eigenvalue weighted by Crippen LogP contribution is 2.32. The maximum atomic E-state index is 12.9. The average Bonchev–Trinajstić information content (AvgIpc) is 3.45. The van der Waals surface area contributed by atoms with Crippen molar-refractivity contribution in [3.05, 3.63) is 58.0 Å². The molecule has 1 saturated carbocycles. The maximum absolute atomic E-state index is 12.9. The van der Waals surface area contributed by atoms with Crippen LogP contribution in [0.3, 0.4) is 0 Å². The van der Waals surface area contributed by atoms with Crippen LogP contribution in [0, 0.1) is 5.92 Å². The minimum Gasteiger partial charge on any atom is -0.352 e. The largest absolute Gasteiger partial charge is 0.352 e. The molecule has 0 unspecified atom stereocenters. The van der Waals surface area contributed by atoms with E-state index >= 15 is 0 Å². The molecule has 6 heteroatoms. The minimum atomic E-state index is -0.179. The van der Waals surface area contributed by atoms with Gasteiger partial charge in [-0.1, -0.05) is 38.1 Å². The summed E-state index contributed by atoms with van der Waals surface area (Å²) in [5, 5.41) is 11.1. The van der Waals surface area contributed by atoms with Crippen molar-refractivity contribution in [2.24, 2.45) is 5.92 Å². The Morgan fingerprint density at radius 2 is 1.90 bits per heavy atom. The van der Waals surface area contributed by atoms with Crippen LogP contribution in [0.1, 0.15) is 53.7 Å². The van der Waals surface area contributed by atoms with Gasteiger partial charge in [0.05, 0.1) is 22.0 Å². The van der Waals surface area contributed by atoms with Crippen LogP contribution in [0.15, 0.2) is 41.8 Å². The SMILES string of the molecule is CC(C)c1nc(CCNC(=O)c2cc3ccccc3cc2NC(=O)C2CC2)cs1. The van der Waals surface area contributed by atoms with Crippen LogP contribution in [0.4, 0.5) is 5.69 Å². The van der Waals surface area contributed by atoms with Crippen molar-refractivity contribution < 1.29 is 9.59 Å². The van der Waals surface area contributed by atoms with Crippen LogP contribution in [0.25, 0.3) is 10.8 Å². The number of hydrogen-bond donors (Lipinski definition) is 2. The Bertz CT molecular complexity index is 1050. The van der Waals surface area contributed by atoms with Gasteiger partial charge in [0.2, 0.25) is 5.91 Å². The second-order valence-electron chi connectivity index (χ2n) is 7.85. The van der Waals surface area contributed by atoms with E-state index in [0.29, 0.717) is 30.1 Å². The highest BCUT2D eigenvalue weighted by atomic mass is 32.1. The number of fused-ring (bicyclic) bond motifs is 1. The van der Waals surface area contributed by atoms with Crippen molar-refractivity contribution in [1.29, 1.82) is 0 Å². The Morgan fingerprint density at radius 1 is 1.17 bits per heavy atom. The lowest BCUT2D eigenvalue weighted by Gasteiger charge is -2.13. The predicted octanol–water partition coefficient (Wildman–Crippen LogP) is 4.74. The average molecular weight is 408 g/mol. The Balaban J connectivity index is 1.49. The number of nitrogens with one attached hydrogen (secondary N) is 2. The van der Waals surface area contributed by atoms with Gasteiger partial charge in [-0.2, -0.15) is 0 Å². The van der Waals surface area contributed by atoms with Crippen molar-refractivity contribution in [2.75, 3.05) is 11.9 Å². The summed E-state index contributed by atoms with van der Waals surface area (Å²) in [5.41, 5.74) is 2.08. The Hall–Kier alpha value is -2.73. The molecule has 0 bridgehead atoms. The Morgan fingerprint density at radius 3 is 2.55 bits per heavy atom. The molecule has 0 spiro atoms. The van der Waals surface area contributed by atoms with E-state index in [1.807, 2.05) is 36.4 Å². The topological polar surface area (TPSA) is 71.1 Å². The summed E-state index contributed by atoms with van der Waals surface area (Å²) in [5.74, 6) is 0.315. The number of amides is 2. The number of anilines is 1. The molecular weight excluding hydrogens is 382 g/mol. The standard InChI is InChI=1S/C23H25N3O2S/c1-14(2)23-25-18(13-29-23)9-10-24-22(28)19-11-16-5-3-4-6-17(16)12-20(19)26-21(27)15-7-8-15/h3-6,11-15H,7-10H2,1-2H3,(H,24,28)(H,26,27). The fourth-order valence-electron chi connectivity index (χ4n) is 3.21. The molecule has 0 radical (unpaired) electrons. The molecule has 0 aliphatic heterocycles. The number of benzene rings is 2. The first-order valence-electron chi connectivity index (χ1n) is 10.1. The zero-order valence-corrected chi connectivity index (χ0v) is 17.5. The second-order valence-corrected chi connectivity index (χ2v) is 8.74. The fourth-order valence-corrected chi connectivity index (χ4v) is 4.08. The predicted molar refractivity (Wildman–Crippen MR) is 118 cm³/mol. The molecule has 2 N–H and O–H groups in total. The quantitative estimate of drug-likeness (QED) is 0.594. The first kappa shape index (κ1) is 19.6. The molecule has 3 aromatic rings. The minimum absolute atomic E-state index is 0.00183. The third-order valence-corrected chi connectivity index (χ3v) is 6.26. The summed E-state index contributed by atoms with van der Waals surface area (Å²) >= 11 is 1.66. The molecule has 4 rings (SSSR count). The van der Waals surface area contributed by atoms with Crippen LogP contribution in [0.5, 0.6) is 0 Å². The summed E-state index contributed by atoms with van der Waals surface area (Å²) in [7, 11) is 0. The van der Waals surface area contributed by atoms with Gasteiger partial charge in [0, 0.05) is 30.2 Å². The van der Waals surface area contributed by atoms with E-state index in [4.69, 9.17) is 0 Å². The van der Waals surface area contributed by atoms with Gasteiger partial charge in [-0.05, 0) is 35.7 Å². The van der Waals surface area contributed by atoms with Crippen molar-refractivity contribution >= 4 is 39.6 Å². The van der Waals surface area contributed by atoms with Crippen molar-refractivity contribution in [1.82, 2.24) is 10.3 Å². The van der Waals surface area contributed by atoms with E-state index in [9.17, 15) is 9.59 Å². The van der Waals surface area contributed by atoms with Gasteiger partial charge in [-0.15, -0.1) is 11.3 Å². The zero-order valence-electron chi connectivity index (χ0n) is 16.7. The van der Waals surface area contributed by atoms with Crippen LogP contribution >= 0.6 is 11.3 Å². The third-order valence-electron chi connectivity index (χ3n) is 5.07. The third kappa shape index (κ3) is 4.65. The van der Waals surface area contributed by atoms with E-state index in [-0.39, 0.29) is 17.7 Å². The number of nitrogens with zero attached hydrogens (tertiary/aromatic N) is 1. The number of aromatic nitrogens is 1. The van der Waals surface area contributed by atoms with Crippen LogP contribution in [-0.4, -0.2) is 23.3 Å². The molecule has 2 amide bonds. The molecule has 5 nitrogen and oxygen atoms in total. The normalized spacial score (nSPS) is 13.6. The second kappa shape index (κ2) is 8.33.